The van der Waals surface area contributed by atoms with E-state index in [-0.39, 0.29) is 23.5 Å². The van der Waals surface area contributed by atoms with Gasteiger partial charge in [-0.3, -0.25) is 0 Å². The number of methoxy groups -OCH3 is 1. The van der Waals surface area contributed by atoms with Crippen LogP contribution in [-0.2, 0) is 21.3 Å². The molecule has 7 nitrogen and oxygen atoms in total. The van der Waals surface area contributed by atoms with E-state index in [9.17, 15) is 13.2 Å². The average Bonchev–Trinajstić information content (AvgIpc) is 2.71. The highest BCUT2D eigenvalue weighted by Crippen LogP contribution is 2.35. The summed E-state index contributed by atoms with van der Waals surface area (Å²) in [6.45, 7) is 7.60. The SMILES string of the molecule is COc1ccc(CN(C2CC(N(C)C(=O)OC(C)(C)C)C2)S(=O)(=O)c2cccc(C)c2)cc1. The van der Waals surface area contributed by atoms with Crippen molar-refractivity contribution in [2.75, 3.05) is 14.2 Å². The molecular formula is C25H34N2O5S. The standard InChI is InChI=1S/C25H34N2O5S/c1-18-8-7-9-23(14-18)33(29,30)27(17-19-10-12-22(31-6)13-11-19)21-15-20(16-21)26(5)24(28)32-25(2,3)4/h7-14,20-21H,15-17H2,1-6H3. The van der Waals surface area contributed by atoms with Gasteiger partial charge in [0.05, 0.1) is 12.0 Å². The zero-order valence-electron chi connectivity index (χ0n) is 20.2. The Morgan fingerprint density at radius 3 is 2.24 bits per heavy atom. The molecule has 0 aliphatic heterocycles. The molecule has 0 heterocycles. The Labute approximate surface area is 197 Å². The first kappa shape index (κ1) is 25.1. The molecule has 1 aliphatic rings. The Morgan fingerprint density at radius 2 is 1.70 bits per heavy atom. The number of ether oxygens (including phenoxy) is 2. The first-order valence-electron chi connectivity index (χ1n) is 11.1. The summed E-state index contributed by atoms with van der Waals surface area (Å²) in [5, 5.41) is 0. The van der Waals surface area contributed by atoms with E-state index in [1.54, 1.807) is 41.6 Å². The molecular weight excluding hydrogens is 440 g/mol. The summed E-state index contributed by atoms with van der Waals surface area (Å²) in [5.74, 6) is 0.717. The first-order valence-corrected chi connectivity index (χ1v) is 12.5. The number of sulfonamides is 1. The maximum Gasteiger partial charge on any atom is 0.410 e. The van der Waals surface area contributed by atoms with E-state index in [1.165, 1.54) is 0 Å². The van der Waals surface area contributed by atoms with Crippen LogP contribution >= 0.6 is 0 Å². The number of carbonyl (C=O) groups is 1. The van der Waals surface area contributed by atoms with Gasteiger partial charge in [-0.25, -0.2) is 13.2 Å². The molecule has 2 aromatic carbocycles. The molecule has 2 aromatic rings. The summed E-state index contributed by atoms with van der Waals surface area (Å²) < 4.78 is 39.5. The summed E-state index contributed by atoms with van der Waals surface area (Å²) in [7, 11) is -0.426. The van der Waals surface area contributed by atoms with Crippen molar-refractivity contribution < 1.29 is 22.7 Å². The van der Waals surface area contributed by atoms with Gasteiger partial charge in [-0.05, 0) is 75.9 Å². The van der Waals surface area contributed by atoms with Gasteiger partial charge in [-0.2, -0.15) is 4.31 Å². The van der Waals surface area contributed by atoms with E-state index in [0.29, 0.717) is 12.8 Å². The van der Waals surface area contributed by atoms with Crippen LogP contribution in [0.3, 0.4) is 0 Å². The lowest BCUT2D eigenvalue weighted by atomic mass is 9.85. The van der Waals surface area contributed by atoms with Crippen LogP contribution < -0.4 is 4.74 Å². The Kier molecular flexibility index (Phi) is 7.39. The van der Waals surface area contributed by atoms with E-state index >= 15 is 0 Å². The third-order valence-corrected chi connectivity index (χ3v) is 7.71. The summed E-state index contributed by atoms with van der Waals surface area (Å²) in [5.41, 5.74) is 1.18. The molecule has 0 radical (unpaired) electrons. The van der Waals surface area contributed by atoms with Crippen molar-refractivity contribution in [1.29, 1.82) is 0 Å². The maximum atomic E-state index is 13.6. The minimum absolute atomic E-state index is 0.0732. The molecule has 0 N–H and O–H groups in total. The lowest BCUT2D eigenvalue weighted by Gasteiger charge is -2.45. The number of hydrogen-bond acceptors (Lipinski definition) is 5. The van der Waals surface area contributed by atoms with E-state index < -0.39 is 21.7 Å². The van der Waals surface area contributed by atoms with Crippen molar-refractivity contribution >= 4 is 16.1 Å². The number of amides is 1. The quantitative estimate of drug-likeness (QED) is 0.587. The fourth-order valence-electron chi connectivity index (χ4n) is 3.83. The van der Waals surface area contributed by atoms with Gasteiger partial charge in [0.15, 0.2) is 0 Å². The normalized spacial score (nSPS) is 18.5. The lowest BCUT2D eigenvalue weighted by molar-refractivity contribution is 0.00464. The van der Waals surface area contributed by atoms with Gasteiger partial charge in [0, 0.05) is 25.7 Å². The van der Waals surface area contributed by atoms with Crippen molar-refractivity contribution in [3.63, 3.8) is 0 Å². The molecule has 1 aliphatic carbocycles. The second kappa shape index (κ2) is 9.73. The Hall–Kier alpha value is -2.58. The molecule has 1 fully saturated rings. The van der Waals surface area contributed by atoms with Crippen LogP contribution in [0.15, 0.2) is 53.4 Å². The van der Waals surface area contributed by atoms with Gasteiger partial charge in [-0.1, -0.05) is 24.3 Å². The highest BCUT2D eigenvalue weighted by molar-refractivity contribution is 7.89. The van der Waals surface area contributed by atoms with Crippen molar-refractivity contribution in [1.82, 2.24) is 9.21 Å². The van der Waals surface area contributed by atoms with Crippen LogP contribution in [0.5, 0.6) is 5.75 Å². The molecule has 0 saturated heterocycles. The Balaban J connectivity index is 1.81. The van der Waals surface area contributed by atoms with Gasteiger partial charge >= 0.3 is 6.09 Å². The topological polar surface area (TPSA) is 76.2 Å². The van der Waals surface area contributed by atoms with Crippen LogP contribution in [0, 0.1) is 6.92 Å². The van der Waals surface area contributed by atoms with Crippen molar-refractivity contribution in [3.8, 4) is 5.75 Å². The van der Waals surface area contributed by atoms with Gasteiger partial charge in [0.1, 0.15) is 11.4 Å². The maximum absolute atomic E-state index is 13.6. The molecule has 33 heavy (non-hydrogen) atoms. The van der Waals surface area contributed by atoms with E-state index in [0.717, 1.165) is 16.9 Å². The molecule has 0 spiro atoms. The van der Waals surface area contributed by atoms with Gasteiger partial charge in [0.25, 0.3) is 0 Å². The van der Waals surface area contributed by atoms with Gasteiger partial charge in [0.2, 0.25) is 10.0 Å². The minimum Gasteiger partial charge on any atom is -0.497 e. The molecule has 0 atom stereocenters. The molecule has 0 bridgehead atoms. The fourth-order valence-corrected chi connectivity index (χ4v) is 5.57. The predicted octanol–water partition coefficient (Wildman–Crippen LogP) is 4.59. The molecule has 0 unspecified atom stereocenters. The minimum atomic E-state index is -3.73. The number of benzene rings is 2. The van der Waals surface area contributed by atoms with Gasteiger partial charge in [-0.15, -0.1) is 0 Å². The lowest BCUT2D eigenvalue weighted by Crippen LogP contribution is -2.56. The van der Waals surface area contributed by atoms with Crippen molar-refractivity contribution in [3.05, 3.63) is 59.7 Å². The smallest absolute Gasteiger partial charge is 0.410 e. The van der Waals surface area contributed by atoms with Crippen LogP contribution in [-0.4, -0.2) is 55.6 Å². The third-order valence-electron chi connectivity index (χ3n) is 5.82. The summed E-state index contributed by atoms with van der Waals surface area (Å²) in [6, 6.07) is 14.1. The van der Waals surface area contributed by atoms with E-state index in [2.05, 4.69) is 0 Å². The fraction of sp³-hybridized carbons (Fsp3) is 0.480. The molecule has 1 amide bonds. The molecule has 3 rings (SSSR count). The van der Waals surface area contributed by atoms with Crippen LogP contribution in [0.4, 0.5) is 4.79 Å². The second-order valence-electron chi connectivity index (χ2n) is 9.59. The Morgan fingerprint density at radius 1 is 1.06 bits per heavy atom. The number of nitrogens with zero attached hydrogens (tertiary/aromatic N) is 2. The number of hydrogen-bond donors (Lipinski definition) is 0. The highest BCUT2D eigenvalue weighted by atomic mass is 32.2. The highest BCUT2D eigenvalue weighted by Gasteiger charge is 2.43. The van der Waals surface area contributed by atoms with Crippen LogP contribution in [0.2, 0.25) is 0 Å². The molecule has 180 valence electrons. The number of rotatable bonds is 7. The largest absolute Gasteiger partial charge is 0.497 e. The third kappa shape index (κ3) is 6.06. The summed E-state index contributed by atoms with van der Waals surface area (Å²) >= 11 is 0. The second-order valence-corrected chi connectivity index (χ2v) is 11.5. The first-order chi connectivity index (χ1) is 15.4. The van der Waals surface area contributed by atoms with E-state index in [4.69, 9.17) is 9.47 Å². The Bertz CT molecular complexity index is 1070. The van der Waals surface area contributed by atoms with E-state index in [1.807, 2.05) is 58.0 Å². The van der Waals surface area contributed by atoms with Crippen molar-refractivity contribution in [2.24, 2.45) is 0 Å². The van der Waals surface area contributed by atoms with Gasteiger partial charge < -0.3 is 14.4 Å². The van der Waals surface area contributed by atoms with Crippen molar-refractivity contribution in [2.45, 2.75) is 69.7 Å². The zero-order valence-corrected chi connectivity index (χ0v) is 21.1. The molecule has 8 heteroatoms. The number of aryl methyl sites for hydroxylation is 1. The molecule has 0 aromatic heterocycles. The summed E-state index contributed by atoms with van der Waals surface area (Å²) in [4.78, 5) is 14.3. The average molecular weight is 475 g/mol. The zero-order chi connectivity index (χ0) is 24.4. The van der Waals surface area contributed by atoms with Crippen LogP contribution in [0.25, 0.3) is 0 Å². The predicted molar refractivity (Wildman–Crippen MR) is 128 cm³/mol. The van der Waals surface area contributed by atoms with Crippen LogP contribution in [0.1, 0.15) is 44.7 Å². The summed E-state index contributed by atoms with van der Waals surface area (Å²) in [6.07, 6.45) is 0.711. The monoisotopic (exact) mass is 474 g/mol. The number of carbonyl (C=O) groups excluding carboxylic acids is 1. The molecule has 1 saturated carbocycles.